The molecule has 1 aromatic heterocycles. The molecule has 0 radical (unpaired) electrons. The molecule has 2 rings (SSSR count). The highest BCUT2D eigenvalue weighted by atomic mass is 16.4. The van der Waals surface area contributed by atoms with E-state index < -0.39 is 11.4 Å². The Morgan fingerprint density at radius 3 is 2.68 bits per heavy atom. The first-order chi connectivity index (χ1) is 8.86. The van der Waals surface area contributed by atoms with E-state index >= 15 is 0 Å². The SMILES string of the molecule is CCn1nnc2c(C)c(CC(C)(C)C(=O)O)ccc21. The third kappa shape index (κ3) is 2.32. The van der Waals surface area contributed by atoms with E-state index in [1.54, 1.807) is 13.8 Å². The lowest BCUT2D eigenvalue weighted by atomic mass is 9.84. The maximum atomic E-state index is 11.2. The molecule has 0 aliphatic heterocycles. The largest absolute Gasteiger partial charge is 0.481 e. The molecule has 1 heterocycles. The second kappa shape index (κ2) is 4.64. The second-order valence-corrected chi connectivity index (χ2v) is 5.49. The summed E-state index contributed by atoms with van der Waals surface area (Å²) in [5, 5.41) is 17.5. The highest BCUT2D eigenvalue weighted by Gasteiger charge is 2.28. The van der Waals surface area contributed by atoms with Crippen LogP contribution in [0.3, 0.4) is 0 Å². The molecule has 0 spiro atoms. The van der Waals surface area contributed by atoms with E-state index in [0.717, 1.165) is 28.7 Å². The molecule has 2 aromatic rings. The van der Waals surface area contributed by atoms with Crippen LogP contribution in [0.1, 0.15) is 31.9 Å². The van der Waals surface area contributed by atoms with E-state index in [1.807, 2.05) is 30.7 Å². The van der Waals surface area contributed by atoms with Crippen molar-refractivity contribution in [2.45, 2.75) is 40.7 Å². The van der Waals surface area contributed by atoms with Gasteiger partial charge in [0.2, 0.25) is 0 Å². The Bertz CT molecular complexity index is 629. The predicted octanol–water partition coefficient (Wildman–Crippen LogP) is 2.41. The average molecular weight is 261 g/mol. The fourth-order valence-electron chi connectivity index (χ4n) is 2.19. The van der Waals surface area contributed by atoms with E-state index in [1.165, 1.54) is 0 Å². The van der Waals surface area contributed by atoms with Crippen molar-refractivity contribution in [3.63, 3.8) is 0 Å². The Labute approximate surface area is 112 Å². The first-order valence-electron chi connectivity index (χ1n) is 6.42. The summed E-state index contributed by atoms with van der Waals surface area (Å²) in [5.41, 5.74) is 3.12. The topological polar surface area (TPSA) is 68.0 Å². The van der Waals surface area contributed by atoms with E-state index in [4.69, 9.17) is 0 Å². The standard InChI is InChI=1S/C14H19N3O2/c1-5-17-11-7-6-10(8-14(3,4)13(18)19)9(2)12(11)15-16-17/h6-7H,5,8H2,1-4H3,(H,18,19). The zero-order valence-electron chi connectivity index (χ0n) is 11.8. The number of rotatable bonds is 4. The van der Waals surface area contributed by atoms with Crippen molar-refractivity contribution in [1.29, 1.82) is 0 Å². The van der Waals surface area contributed by atoms with Crippen LogP contribution in [-0.4, -0.2) is 26.1 Å². The quantitative estimate of drug-likeness (QED) is 0.917. The van der Waals surface area contributed by atoms with E-state index in [9.17, 15) is 9.90 Å². The molecule has 5 nitrogen and oxygen atoms in total. The molecule has 0 aliphatic rings. The van der Waals surface area contributed by atoms with Crippen molar-refractivity contribution in [1.82, 2.24) is 15.0 Å². The minimum Gasteiger partial charge on any atom is -0.481 e. The van der Waals surface area contributed by atoms with Gasteiger partial charge in [-0.25, -0.2) is 4.68 Å². The van der Waals surface area contributed by atoms with Crippen LogP contribution in [0.15, 0.2) is 12.1 Å². The van der Waals surface area contributed by atoms with Gasteiger partial charge in [0.1, 0.15) is 5.52 Å². The lowest BCUT2D eigenvalue weighted by Gasteiger charge is -2.20. The number of nitrogens with zero attached hydrogens (tertiary/aromatic N) is 3. The van der Waals surface area contributed by atoms with Gasteiger partial charge in [-0.2, -0.15) is 0 Å². The summed E-state index contributed by atoms with van der Waals surface area (Å²) >= 11 is 0. The number of hydrogen-bond acceptors (Lipinski definition) is 3. The van der Waals surface area contributed by atoms with Crippen molar-refractivity contribution in [3.8, 4) is 0 Å². The van der Waals surface area contributed by atoms with Crippen LogP contribution in [0.2, 0.25) is 0 Å². The Balaban J connectivity index is 2.46. The van der Waals surface area contributed by atoms with Crippen molar-refractivity contribution in [2.75, 3.05) is 0 Å². The number of carbonyl (C=O) groups is 1. The number of hydrogen-bond donors (Lipinski definition) is 1. The number of carboxylic acid groups (broad SMARTS) is 1. The minimum atomic E-state index is -0.788. The fraction of sp³-hybridized carbons (Fsp3) is 0.500. The molecule has 1 aromatic carbocycles. The van der Waals surface area contributed by atoms with Crippen LogP contribution >= 0.6 is 0 Å². The van der Waals surface area contributed by atoms with Crippen LogP contribution in [0, 0.1) is 12.3 Å². The van der Waals surface area contributed by atoms with Gasteiger partial charge in [0.25, 0.3) is 0 Å². The Hall–Kier alpha value is -1.91. The first kappa shape index (κ1) is 13.5. The lowest BCUT2D eigenvalue weighted by molar-refractivity contribution is -0.146. The fourth-order valence-corrected chi connectivity index (χ4v) is 2.19. The van der Waals surface area contributed by atoms with Crippen LogP contribution < -0.4 is 0 Å². The molecule has 0 aliphatic carbocycles. The summed E-state index contributed by atoms with van der Waals surface area (Å²) in [6, 6.07) is 3.96. The van der Waals surface area contributed by atoms with Gasteiger partial charge in [-0.05, 0) is 51.3 Å². The summed E-state index contributed by atoms with van der Waals surface area (Å²) in [6.07, 6.45) is 0.489. The molecule has 19 heavy (non-hydrogen) atoms. The predicted molar refractivity (Wildman–Crippen MR) is 73.1 cm³/mol. The average Bonchev–Trinajstić information content (AvgIpc) is 2.76. The van der Waals surface area contributed by atoms with Crippen LogP contribution in [0.4, 0.5) is 0 Å². The number of aromatic nitrogens is 3. The molecule has 1 N–H and O–H groups in total. The molecular formula is C14H19N3O2. The zero-order chi connectivity index (χ0) is 14.2. The van der Waals surface area contributed by atoms with Gasteiger partial charge in [0.05, 0.1) is 10.9 Å². The zero-order valence-corrected chi connectivity index (χ0v) is 11.8. The molecule has 0 fully saturated rings. The molecule has 0 saturated carbocycles. The van der Waals surface area contributed by atoms with Gasteiger partial charge in [-0.3, -0.25) is 4.79 Å². The Morgan fingerprint density at radius 2 is 2.11 bits per heavy atom. The van der Waals surface area contributed by atoms with Crippen LogP contribution in [-0.2, 0) is 17.8 Å². The smallest absolute Gasteiger partial charge is 0.309 e. The van der Waals surface area contributed by atoms with Gasteiger partial charge < -0.3 is 5.11 Å². The molecule has 102 valence electrons. The molecule has 0 amide bonds. The van der Waals surface area contributed by atoms with Crippen molar-refractivity contribution in [3.05, 3.63) is 23.3 Å². The molecule has 0 atom stereocenters. The Kier molecular flexibility index (Phi) is 3.30. The molecule has 0 saturated heterocycles. The molecule has 0 bridgehead atoms. The highest BCUT2D eigenvalue weighted by molar-refractivity contribution is 5.80. The van der Waals surface area contributed by atoms with Gasteiger partial charge in [0, 0.05) is 6.54 Å². The van der Waals surface area contributed by atoms with Gasteiger partial charge in [0.15, 0.2) is 0 Å². The Morgan fingerprint density at radius 1 is 1.42 bits per heavy atom. The van der Waals surface area contributed by atoms with Crippen LogP contribution in [0.25, 0.3) is 11.0 Å². The van der Waals surface area contributed by atoms with Crippen molar-refractivity contribution < 1.29 is 9.90 Å². The van der Waals surface area contributed by atoms with Crippen LogP contribution in [0.5, 0.6) is 0 Å². The van der Waals surface area contributed by atoms with E-state index in [2.05, 4.69) is 10.3 Å². The second-order valence-electron chi connectivity index (χ2n) is 5.49. The number of fused-ring (bicyclic) bond motifs is 1. The third-order valence-corrected chi connectivity index (χ3v) is 3.56. The number of aryl methyl sites for hydroxylation is 2. The maximum absolute atomic E-state index is 11.2. The number of aliphatic carboxylic acids is 1. The number of benzene rings is 1. The van der Waals surface area contributed by atoms with E-state index in [0.29, 0.717) is 6.42 Å². The van der Waals surface area contributed by atoms with Crippen molar-refractivity contribution >= 4 is 17.0 Å². The third-order valence-electron chi connectivity index (χ3n) is 3.56. The maximum Gasteiger partial charge on any atom is 0.309 e. The summed E-state index contributed by atoms with van der Waals surface area (Å²) in [5.74, 6) is -0.788. The normalized spacial score (nSPS) is 12.0. The summed E-state index contributed by atoms with van der Waals surface area (Å²) < 4.78 is 1.84. The van der Waals surface area contributed by atoms with Gasteiger partial charge >= 0.3 is 5.97 Å². The van der Waals surface area contributed by atoms with E-state index in [-0.39, 0.29) is 0 Å². The van der Waals surface area contributed by atoms with Gasteiger partial charge in [-0.1, -0.05) is 11.3 Å². The van der Waals surface area contributed by atoms with Gasteiger partial charge in [-0.15, -0.1) is 5.10 Å². The minimum absolute atomic E-state index is 0.489. The van der Waals surface area contributed by atoms with Crippen molar-refractivity contribution in [2.24, 2.45) is 5.41 Å². The molecular weight excluding hydrogens is 242 g/mol. The highest BCUT2D eigenvalue weighted by Crippen LogP contribution is 2.27. The molecule has 0 unspecified atom stereocenters. The summed E-state index contributed by atoms with van der Waals surface area (Å²) in [7, 11) is 0. The monoisotopic (exact) mass is 261 g/mol. The summed E-state index contributed by atoms with van der Waals surface area (Å²) in [6.45, 7) is 8.24. The number of carboxylic acids is 1. The lowest BCUT2D eigenvalue weighted by Crippen LogP contribution is -2.26. The first-order valence-corrected chi connectivity index (χ1v) is 6.42. The summed E-state index contributed by atoms with van der Waals surface area (Å²) in [4.78, 5) is 11.2. The molecule has 5 heteroatoms.